The third-order valence-electron chi connectivity index (χ3n) is 6.23. The number of aryl methyl sites for hydroxylation is 1. The van der Waals surface area contributed by atoms with E-state index in [4.69, 9.17) is 4.74 Å². The van der Waals surface area contributed by atoms with Crippen molar-refractivity contribution in [3.05, 3.63) is 71.0 Å². The Balaban J connectivity index is 1.31. The molecular formula is C25H30FN3O3. The fraction of sp³-hybridized carbons (Fsp3) is 0.440. The normalized spacial score (nSPS) is 20.1. The van der Waals surface area contributed by atoms with E-state index in [0.29, 0.717) is 38.3 Å². The molecule has 2 aromatic rings. The molecule has 2 saturated heterocycles. The van der Waals surface area contributed by atoms with E-state index in [9.17, 15) is 14.0 Å². The molecule has 6 nitrogen and oxygen atoms in total. The van der Waals surface area contributed by atoms with Crippen LogP contribution in [0.3, 0.4) is 0 Å². The lowest BCUT2D eigenvalue weighted by Crippen LogP contribution is -2.50. The molecule has 7 heteroatoms. The van der Waals surface area contributed by atoms with Crippen LogP contribution in [0.15, 0.2) is 48.5 Å². The van der Waals surface area contributed by atoms with Crippen molar-refractivity contribution in [2.75, 3.05) is 52.4 Å². The molecule has 1 unspecified atom stereocenters. The Bertz CT molecular complexity index is 950. The van der Waals surface area contributed by atoms with Crippen LogP contribution >= 0.6 is 0 Å². The molecule has 0 aliphatic carbocycles. The van der Waals surface area contributed by atoms with Crippen molar-refractivity contribution in [3.8, 4) is 0 Å². The standard InChI is InChI=1S/C25H30FN3O3/c1-19-5-2-3-6-23(19)25(31)29-15-16-32-22(18-29)17-27-11-4-12-28(14-13-27)24(30)20-7-9-21(26)10-8-20/h2-3,5-10,22H,4,11-18H2,1H3. The summed E-state index contributed by atoms with van der Waals surface area (Å²) < 4.78 is 19.1. The number of nitrogens with zero attached hydrogens (tertiary/aromatic N) is 3. The summed E-state index contributed by atoms with van der Waals surface area (Å²) in [7, 11) is 0. The van der Waals surface area contributed by atoms with Crippen LogP contribution in [0.25, 0.3) is 0 Å². The van der Waals surface area contributed by atoms with Crippen molar-refractivity contribution in [2.24, 2.45) is 0 Å². The van der Waals surface area contributed by atoms with Crippen molar-refractivity contribution in [2.45, 2.75) is 19.4 Å². The second kappa shape index (κ2) is 10.2. The number of hydrogen-bond donors (Lipinski definition) is 0. The molecule has 32 heavy (non-hydrogen) atoms. The van der Waals surface area contributed by atoms with Crippen molar-refractivity contribution < 1.29 is 18.7 Å². The van der Waals surface area contributed by atoms with E-state index in [-0.39, 0.29) is 23.7 Å². The Labute approximate surface area is 188 Å². The molecule has 2 fully saturated rings. The van der Waals surface area contributed by atoms with Gasteiger partial charge in [0, 0.05) is 50.4 Å². The first-order valence-corrected chi connectivity index (χ1v) is 11.2. The topological polar surface area (TPSA) is 53.1 Å². The van der Waals surface area contributed by atoms with Crippen molar-refractivity contribution in [1.29, 1.82) is 0 Å². The van der Waals surface area contributed by atoms with Crippen LogP contribution in [0.1, 0.15) is 32.7 Å². The van der Waals surface area contributed by atoms with Crippen LogP contribution < -0.4 is 0 Å². The molecule has 0 saturated carbocycles. The van der Waals surface area contributed by atoms with Gasteiger partial charge in [0.25, 0.3) is 11.8 Å². The van der Waals surface area contributed by atoms with E-state index in [1.165, 1.54) is 24.3 Å². The number of morpholine rings is 1. The maximum atomic E-state index is 13.2. The molecule has 0 N–H and O–H groups in total. The first kappa shape index (κ1) is 22.4. The molecule has 1 atom stereocenters. The van der Waals surface area contributed by atoms with Crippen LogP contribution in [-0.4, -0.2) is 85.0 Å². The summed E-state index contributed by atoms with van der Waals surface area (Å²) in [6, 6.07) is 13.4. The molecule has 2 amide bonds. The number of hydrogen-bond acceptors (Lipinski definition) is 4. The molecule has 2 aromatic carbocycles. The molecule has 2 aliphatic rings. The van der Waals surface area contributed by atoms with Crippen molar-refractivity contribution in [1.82, 2.24) is 14.7 Å². The SMILES string of the molecule is Cc1ccccc1C(=O)N1CCOC(CN2CCCN(C(=O)c3ccc(F)cc3)CC2)C1. The van der Waals surface area contributed by atoms with Gasteiger partial charge in [0.2, 0.25) is 0 Å². The Morgan fingerprint density at radius 2 is 1.72 bits per heavy atom. The number of benzene rings is 2. The van der Waals surface area contributed by atoms with E-state index in [1.54, 1.807) is 0 Å². The van der Waals surface area contributed by atoms with Crippen LogP contribution in [0, 0.1) is 12.7 Å². The summed E-state index contributed by atoms with van der Waals surface area (Å²) in [5.74, 6) is -0.342. The summed E-state index contributed by atoms with van der Waals surface area (Å²) in [5, 5.41) is 0. The van der Waals surface area contributed by atoms with Gasteiger partial charge in [-0.05, 0) is 55.8 Å². The van der Waals surface area contributed by atoms with Gasteiger partial charge in [-0.15, -0.1) is 0 Å². The summed E-state index contributed by atoms with van der Waals surface area (Å²) in [5.41, 5.74) is 2.25. The highest BCUT2D eigenvalue weighted by Crippen LogP contribution is 2.16. The quantitative estimate of drug-likeness (QED) is 0.735. The van der Waals surface area contributed by atoms with Crippen LogP contribution in [0.2, 0.25) is 0 Å². The molecular weight excluding hydrogens is 409 g/mol. The van der Waals surface area contributed by atoms with Crippen LogP contribution in [0.5, 0.6) is 0 Å². The lowest BCUT2D eigenvalue weighted by molar-refractivity contribution is -0.0353. The maximum Gasteiger partial charge on any atom is 0.254 e. The first-order chi connectivity index (χ1) is 15.5. The number of rotatable bonds is 4. The van der Waals surface area contributed by atoms with Gasteiger partial charge in [-0.2, -0.15) is 0 Å². The van der Waals surface area contributed by atoms with Crippen LogP contribution in [0.4, 0.5) is 4.39 Å². The summed E-state index contributed by atoms with van der Waals surface area (Å²) in [6.45, 7) is 7.32. The predicted molar refractivity (Wildman–Crippen MR) is 120 cm³/mol. The Hall–Kier alpha value is -2.77. The fourth-order valence-corrected chi connectivity index (χ4v) is 4.42. The van der Waals surface area contributed by atoms with E-state index in [0.717, 1.165) is 37.2 Å². The summed E-state index contributed by atoms with van der Waals surface area (Å²) in [4.78, 5) is 31.8. The molecule has 170 valence electrons. The monoisotopic (exact) mass is 439 g/mol. The lowest BCUT2D eigenvalue weighted by Gasteiger charge is -2.35. The van der Waals surface area contributed by atoms with Gasteiger partial charge >= 0.3 is 0 Å². The highest BCUT2D eigenvalue weighted by Gasteiger charge is 2.28. The number of halogens is 1. The maximum absolute atomic E-state index is 13.2. The van der Waals surface area contributed by atoms with Gasteiger partial charge in [0.05, 0.1) is 12.7 Å². The van der Waals surface area contributed by atoms with Crippen molar-refractivity contribution >= 4 is 11.8 Å². The zero-order chi connectivity index (χ0) is 22.5. The molecule has 2 heterocycles. The van der Waals surface area contributed by atoms with E-state index in [2.05, 4.69) is 4.90 Å². The second-order valence-corrected chi connectivity index (χ2v) is 8.51. The average Bonchev–Trinajstić information content (AvgIpc) is 3.05. The minimum Gasteiger partial charge on any atom is -0.373 e. The van der Waals surface area contributed by atoms with E-state index in [1.807, 2.05) is 41.0 Å². The van der Waals surface area contributed by atoms with Gasteiger partial charge in [0.15, 0.2) is 0 Å². The second-order valence-electron chi connectivity index (χ2n) is 8.51. The first-order valence-electron chi connectivity index (χ1n) is 11.2. The number of ether oxygens (including phenoxy) is 1. The number of carbonyl (C=O) groups excluding carboxylic acids is 2. The number of amides is 2. The van der Waals surface area contributed by atoms with Gasteiger partial charge in [-0.3, -0.25) is 14.5 Å². The summed E-state index contributed by atoms with van der Waals surface area (Å²) >= 11 is 0. The molecule has 0 radical (unpaired) electrons. The number of carbonyl (C=O) groups is 2. The lowest BCUT2D eigenvalue weighted by atomic mass is 10.1. The van der Waals surface area contributed by atoms with Crippen molar-refractivity contribution in [3.63, 3.8) is 0 Å². The zero-order valence-corrected chi connectivity index (χ0v) is 18.5. The third-order valence-corrected chi connectivity index (χ3v) is 6.23. The molecule has 0 bridgehead atoms. The Morgan fingerprint density at radius 1 is 0.938 bits per heavy atom. The third kappa shape index (κ3) is 5.34. The molecule has 2 aliphatic heterocycles. The smallest absolute Gasteiger partial charge is 0.254 e. The molecule has 4 rings (SSSR count). The highest BCUT2D eigenvalue weighted by molar-refractivity contribution is 5.95. The van der Waals surface area contributed by atoms with Gasteiger partial charge in [-0.25, -0.2) is 4.39 Å². The summed E-state index contributed by atoms with van der Waals surface area (Å²) in [6.07, 6.45) is 0.821. The zero-order valence-electron chi connectivity index (χ0n) is 18.5. The van der Waals surface area contributed by atoms with Gasteiger partial charge in [0.1, 0.15) is 5.82 Å². The Morgan fingerprint density at radius 3 is 2.50 bits per heavy atom. The van der Waals surface area contributed by atoms with Gasteiger partial charge in [-0.1, -0.05) is 18.2 Å². The minimum atomic E-state index is -0.342. The Kier molecular flexibility index (Phi) is 7.17. The van der Waals surface area contributed by atoms with E-state index < -0.39 is 0 Å². The van der Waals surface area contributed by atoms with E-state index >= 15 is 0 Å². The largest absolute Gasteiger partial charge is 0.373 e. The average molecular weight is 440 g/mol. The molecule has 0 aromatic heterocycles. The van der Waals surface area contributed by atoms with Crippen LogP contribution in [-0.2, 0) is 4.74 Å². The predicted octanol–water partition coefficient (Wildman–Crippen LogP) is 2.82. The molecule has 0 spiro atoms. The minimum absolute atomic E-state index is 0.0453. The van der Waals surface area contributed by atoms with Gasteiger partial charge < -0.3 is 14.5 Å². The fourth-order valence-electron chi connectivity index (χ4n) is 4.42. The highest BCUT2D eigenvalue weighted by atomic mass is 19.1.